The van der Waals surface area contributed by atoms with Crippen LogP contribution in [0.2, 0.25) is 0 Å². The molecule has 1 atom stereocenters. The van der Waals surface area contributed by atoms with Crippen LogP contribution < -0.4 is 0 Å². The molecule has 0 aliphatic rings. The Morgan fingerprint density at radius 1 is 1.38 bits per heavy atom. The highest BCUT2D eigenvalue weighted by Crippen LogP contribution is 2.36. The Hall–Kier alpha value is -2.02. The highest BCUT2D eigenvalue weighted by Gasteiger charge is 2.32. The van der Waals surface area contributed by atoms with Gasteiger partial charge in [0.2, 0.25) is 0 Å². The number of benzene rings is 1. The smallest absolute Gasteiger partial charge is 0.416 e. The SMILES string of the molecule is CCn1c(C)c(C(O)C(=O)O)c2cc(C(F)(F)F)ccc21. The van der Waals surface area contributed by atoms with Crippen molar-refractivity contribution in [1.29, 1.82) is 0 Å². The minimum Gasteiger partial charge on any atom is -0.479 e. The lowest BCUT2D eigenvalue weighted by Gasteiger charge is -2.08. The van der Waals surface area contributed by atoms with Crippen LogP contribution in [0, 0.1) is 6.92 Å². The molecule has 1 unspecified atom stereocenters. The van der Waals surface area contributed by atoms with Gasteiger partial charge >= 0.3 is 12.1 Å². The molecule has 0 saturated heterocycles. The average molecular weight is 301 g/mol. The van der Waals surface area contributed by atoms with E-state index in [2.05, 4.69) is 0 Å². The van der Waals surface area contributed by atoms with Crippen molar-refractivity contribution in [2.75, 3.05) is 0 Å². The molecule has 4 nitrogen and oxygen atoms in total. The number of hydrogen-bond donors (Lipinski definition) is 2. The Morgan fingerprint density at radius 2 is 2.00 bits per heavy atom. The largest absolute Gasteiger partial charge is 0.479 e. The highest BCUT2D eigenvalue weighted by atomic mass is 19.4. The van der Waals surface area contributed by atoms with Gasteiger partial charge in [0.1, 0.15) is 0 Å². The number of rotatable bonds is 3. The number of halogens is 3. The Kier molecular flexibility index (Phi) is 3.71. The number of carboxylic acid groups (broad SMARTS) is 1. The fraction of sp³-hybridized carbons (Fsp3) is 0.357. The van der Waals surface area contributed by atoms with Crippen molar-refractivity contribution >= 4 is 16.9 Å². The van der Waals surface area contributed by atoms with Gasteiger partial charge in [-0.05, 0) is 32.0 Å². The van der Waals surface area contributed by atoms with Gasteiger partial charge < -0.3 is 14.8 Å². The molecule has 2 N–H and O–H groups in total. The molecule has 1 aromatic heterocycles. The second kappa shape index (κ2) is 5.07. The van der Waals surface area contributed by atoms with Gasteiger partial charge in [0.15, 0.2) is 6.10 Å². The molecule has 1 heterocycles. The summed E-state index contributed by atoms with van der Waals surface area (Å²) in [5, 5.41) is 18.8. The van der Waals surface area contributed by atoms with Crippen molar-refractivity contribution in [3.05, 3.63) is 35.0 Å². The van der Waals surface area contributed by atoms with E-state index in [0.717, 1.165) is 12.1 Å². The van der Waals surface area contributed by atoms with E-state index >= 15 is 0 Å². The van der Waals surface area contributed by atoms with Crippen LogP contribution in [0.1, 0.15) is 29.8 Å². The summed E-state index contributed by atoms with van der Waals surface area (Å²) in [7, 11) is 0. The van der Waals surface area contributed by atoms with Gasteiger partial charge in [0.25, 0.3) is 0 Å². The number of alkyl halides is 3. The molecule has 0 bridgehead atoms. The van der Waals surface area contributed by atoms with E-state index in [0.29, 0.717) is 17.8 Å². The van der Waals surface area contributed by atoms with Crippen molar-refractivity contribution in [3.8, 4) is 0 Å². The number of carbonyl (C=O) groups is 1. The van der Waals surface area contributed by atoms with Crippen LogP contribution in [0.25, 0.3) is 10.9 Å². The molecule has 0 amide bonds. The monoisotopic (exact) mass is 301 g/mol. The summed E-state index contributed by atoms with van der Waals surface area (Å²) in [6, 6.07) is 3.13. The lowest BCUT2D eigenvalue weighted by molar-refractivity contribution is -0.146. The maximum Gasteiger partial charge on any atom is 0.416 e. The van der Waals surface area contributed by atoms with Gasteiger partial charge in [-0.1, -0.05) is 0 Å². The summed E-state index contributed by atoms with van der Waals surface area (Å²) < 4.78 is 40.1. The van der Waals surface area contributed by atoms with Crippen molar-refractivity contribution in [2.45, 2.75) is 32.7 Å². The number of aliphatic hydroxyl groups excluding tert-OH is 1. The van der Waals surface area contributed by atoms with Crippen LogP contribution in [0.3, 0.4) is 0 Å². The van der Waals surface area contributed by atoms with Crippen molar-refractivity contribution in [3.63, 3.8) is 0 Å². The van der Waals surface area contributed by atoms with Crippen LogP contribution in [0.5, 0.6) is 0 Å². The molecule has 2 aromatic rings. The molecule has 0 fully saturated rings. The van der Waals surface area contributed by atoms with Gasteiger partial charge in [-0.2, -0.15) is 13.2 Å². The third-order valence-corrected chi connectivity index (χ3v) is 3.52. The predicted octanol–water partition coefficient (Wildman–Crippen LogP) is 3.11. The predicted molar refractivity (Wildman–Crippen MR) is 69.9 cm³/mol. The first-order chi connectivity index (χ1) is 9.68. The summed E-state index contributed by atoms with van der Waals surface area (Å²) in [4.78, 5) is 11.0. The zero-order valence-corrected chi connectivity index (χ0v) is 11.4. The number of carboxylic acids is 1. The number of aromatic nitrogens is 1. The minimum atomic E-state index is -4.53. The Morgan fingerprint density at radius 3 is 2.48 bits per heavy atom. The van der Waals surface area contributed by atoms with E-state index in [-0.39, 0.29) is 10.9 Å². The topological polar surface area (TPSA) is 62.5 Å². The van der Waals surface area contributed by atoms with E-state index in [1.807, 2.05) is 0 Å². The molecule has 114 valence electrons. The number of aliphatic hydroxyl groups is 1. The number of fused-ring (bicyclic) bond motifs is 1. The number of aliphatic carboxylic acids is 1. The molecule has 0 spiro atoms. The minimum absolute atomic E-state index is 0.00505. The van der Waals surface area contributed by atoms with E-state index in [1.54, 1.807) is 18.4 Å². The second-order valence-corrected chi connectivity index (χ2v) is 4.71. The number of aryl methyl sites for hydroxylation is 1. The molecular formula is C14H14F3NO3. The van der Waals surface area contributed by atoms with E-state index in [1.165, 1.54) is 6.07 Å². The summed E-state index contributed by atoms with van der Waals surface area (Å²) >= 11 is 0. The van der Waals surface area contributed by atoms with Gasteiger partial charge in [-0.15, -0.1) is 0 Å². The fourth-order valence-electron chi connectivity index (χ4n) is 2.56. The highest BCUT2D eigenvalue weighted by molar-refractivity contribution is 5.91. The first kappa shape index (κ1) is 15.4. The molecule has 0 aliphatic heterocycles. The summed E-state index contributed by atoms with van der Waals surface area (Å²) in [6.45, 7) is 3.83. The van der Waals surface area contributed by atoms with Gasteiger partial charge in [-0.3, -0.25) is 0 Å². The zero-order chi connectivity index (χ0) is 15.9. The standard InChI is InChI=1S/C14H14F3NO3/c1-3-18-7(2)11(12(19)13(20)21)9-6-8(14(15,16)17)4-5-10(9)18/h4-6,12,19H,3H2,1-2H3,(H,20,21). The molecule has 0 radical (unpaired) electrons. The Labute approximate surface area is 118 Å². The first-order valence-electron chi connectivity index (χ1n) is 6.29. The normalized spacial score (nSPS) is 13.6. The molecule has 0 saturated carbocycles. The van der Waals surface area contributed by atoms with Gasteiger partial charge in [0, 0.05) is 28.7 Å². The molecular weight excluding hydrogens is 287 g/mol. The first-order valence-corrected chi connectivity index (χ1v) is 6.29. The molecule has 7 heteroatoms. The lowest BCUT2D eigenvalue weighted by atomic mass is 10.0. The Balaban J connectivity index is 2.82. The fourth-order valence-corrected chi connectivity index (χ4v) is 2.56. The van der Waals surface area contributed by atoms with Crippen LogP contribution >= 0.6 is 0 Å². The van der Waals surface area contributed by atoms with Crippen molar-refractivity contribution in [1.82, 2.24) is 4.57 Å². The maximum atomic E-state index is 12.8. The van der Waals surface area contributed by atoms with E-state index in [9.17, 15) is 23.1 Å². The number of nitrogens with zero attached hydrogens (tertiary/aromatic N) is 1. The van der Waals surface area contributed by atoms with Crippen LogP contribution in [0.15, 0.2) is 18.2 Å². The van der Waals surface area contributed by atoms with Crippen molar-refractivity contribution < 1.29 is 28.2 Å². The van der Waals surface area contributed by atoms with Gasteiger partial charge in [-0.25, -0.2) is 4.79 Å². The quantitative estimate of drug-likeness (QED) is 0.915. The third kappa shape index (κ3) is 2.49. The average Bonchev–Trinajstić information content (AvgIpc) is 2.67. The van der Waals surface area contributed by atoms with Crippen LogP contribution in [0.4, 0.5) is 13.2 Å². The summed E-state index contributed by atoms with van der Waals surface area (Å²) in [5.74, 6) is -1.49. The van der Waals surface area contributed by atoms with Crippen LogP contribution in [-0.2, 0) is 17.5 Å². The summed E-state index contributed by atoms with van der Waals surface area (Å²) in [6.07, 6.45) is -6.38. The van der Waals surface area contributed by atoms with Gasteiger partial charge in [0.05, 0.1) is 5.56 Å². The molecule has 2 rings (SSSR count). The second-order valence-electron chi connectivity index (χ2n) is 4.71. The Bertz CT molecular complexity index is 704. The van der Waals surface area contributed by atoms with E-state index in [4.69, 9.17) is 5.11 Å². The molecule has 21 heavy (non-hydrogen) atoms. The molecule has 1 aromatic carbocycles. The van der Waals surface area contributed by atoms with E-state index < -0.39 is 23.8 Å². The third-order valence-electron chi connectivity index (χ3n) is 3.52. The molecule has 0 aliphatic carbocycles. The number of hydrogen-bond acceptors (Lipinski definition) is 2. The van der Waals surface area contributed by atoms with Crippen molar-refractivity contribution in [2.24, 2.45) is 0 Å². The maximum absolute atomic E-state index is 12.8. The zero-order valence-electron chi connectivity index (χ0n) is 11.4. The summed E-state index contributed by atoms with van der Waals surface area (Å²) in [5.41, 5.74) is 0.0487. The van der Waals surface area contributed by atoms with Crippen LogP contribution in [-0.4, -0.2) is 20.7 Å². The lowest BCUT2D eigenvalue weighted by Crippen LogP contribution is -2.12.